The highest BCUT2D eigenvalue weighted by atomic mass is 32.2. The summed E-state index contributed by atoms with van der Waals surface area (Å²) in [6.07, 6.45) is 4.64. The lowest BCUT2D eigenvalue weighted by molar-refractivity contribution is -0.126. The SMILES string of the molecule is CCCC[C@@H]1S/C(=N/N=C\c2ccc(OC)cc2)N(Cc2cccc3ccccc23)C1=O. The van der Waals surface area contributed by atoms with Gasteiger partial charge in [0.15, 0.2) is 5.17 Å². The standard InChI is InChI=1S/C26H27N3O2S/c1-3-4-12-24-25(30)29(18-21-10-7-9-20-8-5-6-11-23(20)21)26(32-24)28-27-17-19-13-15-22(31-2)16-14-19/h5-11,13-17,24H,3-4,12,18H2,1-2H3/b27-17-,28-26+/t24-/m0/s1. The van der Waals surface area contributed by atoms with Crippen molar-refractivity contribution < 1.29 is 9.53 Å². The van der Waals surface area contributed by atoms with E-state index in [9.17, 15) is 4.79 Å². The number of thioether (sulfide) groups is 1. The van der Waals surface area contributed by atoms with Crippen molar-refractivity contribution in [1.29, 1.82) is 0 Å². The number of carbonyl (C=O) groups excluding carboxylic acids is 1. The van der Waals surface area contributed by atoms with Crippen molar-refractivity contribution in [3.8, 4) is 5.75 Å². The molecule has 1 atom stereocenters. The molecule has 1 aliphatic rings. The van der Waals surface area contributed by atoms with Crippen molar-refractivity contribution in [2.24, 2.45) is 10.2 Å². The van der Waals surface area contributed by atoms with Gasteiger partial charge in [-0.2, -0.15) is 5.10 Å². The Morgan fingerprint density at radius 3 is 2.62 bits per heavy atom. The molecule has 0 radical (unpaired) electrons. The highest BCUT2D eigenvalue weighted by Crippen LogP contribution is 2.33. The topological polar surface area (TPSA) is 54.3 Å². The zero-order valence-electron chi connectivity index (χ0n) is 18.4. The van der Waals surface area contributed by atoms with Crippen LogP contribution in [0.2, 0.25) is 0 Å². The summed E-state index contributed by atoms with van der Waals surface area (Å²) in [6.45, 7) is 2.64. The number of rotatable bonds is 8. The smallest absolute Gasteiger partial charge is 0.242 e. The van der Waals surface area contributed by atoms with E-state index in [1.165, 1.54) is 17.1 Å². The number of methoxy groups -OCH3 is 1. The van der Waals surface area contributed by atoms with Gasteiger partial charge in [0.1, 0.15) is 5.75 Å². The third-order valence-corrected chi connectivity index (χ3v) is 6.75. The number of nitrogens with zero attached hydrogens (tertiary/aromatic N) is 3. The van der Waals surface area contributed by atoms with Gasteiger partial charge in [-0.05, 0) is 52.6 Å². The van der Waals surface area contributed by atoms with E-state index in [0.717, 1.165) is 41.5 Å². The van der Waals surface area contributed by atoms with Gasteiger partial charge in [0.25, 0.3) is 0 Å². The summed E-state index contributed by atoms with van der Waals surface area (Å²) in [5.41, 5.74) is 2.03. The summed E-state index contributed by atoms with van der Waals surface area (Å²) in [6, 6.07) is 22.1. The largest absolute Gasteiger partial charge is 0.497 e. The predicted octanol–water partition coefficient (Wildman–Crippen LogP) is 5.87. The van der Waals surface area contributed by atoms with Gasteiger partial charge in [0, 0.05) is 0 Å². The fourth-order valence-electron chi connectivity index (χ4n) is 3.74. The number of benzene rings is 3. The van der Waals surface area contributed by atoms with Crippen LogP contribution >= 0.6 is 11.8 Å². The van der Waals surface area contributed by atoms with Crippen molar-refractivity contribution >= 4 is 39.8 Å². The van der Waals surface area contributed by atoms with Crippen LogP contribution in [0.3, 0.4) is 0 Å². The van der Waals surface area contributed by atoms with E-state index in [2.05, 4.69) is 41.4 Å². The van der Waals surface area contributed by atoms with Gasteiger partial charge >= 0.3 is 0 Å². The van der Waals surface area contributed by atoms with Crippen molar-refractivity contribution in [2.45, 2.75) is 38.0 Å². The zero-order valence-corrected chi connectivity index (χ0v) is 19.2. The molecule has 3 aromatic rings. The molecule has 0 unspecified atom stereocenters. The minimum Gasteiger partial charge on any atom is -0.497 e. The van der Waals surface area contributed by atoms with Crippen LogP contribution in [0.1, 0.15) is 37.3 Å². The summed E-state index contributed by atoms with van der Waals surface area (Å²) in [5, 5.41) is 11.6. The fourth-order valence-corrected chi connectivity index (χ4v) is 4.88. The van der Waals surface area contributed by atoms with E-state index in [1.807, 2.05) is 42.5 Å². The average Bonchev–Trinajstić information content (AvgIpc) is 3.12. The molecule has 0 spiro atoms. The van der Waals surface area contributed by atoms with E-state index in [-0.39, 0.29) is 11.2 Å². The minimum absolute atomic E-state index is 0.0973. The Bertz CT molecular complexity index is 1140. The van der Waals surface area contributed by atoms with Crippen LogP contribution in [0.15, 0.2) is 76.9 Å². The van der Waals surface area contributed by atoms with Crippen LogP contribution in [-0.4, -0.2) is 34.5 Å². The molecule has 1 fully saturated rings. The Morgan fingerprint density at radius 2 is 1.84 bits per heavy atom. The predicted molar refractivity (Wildman–Crippen MR) is 133 cm³/mol. The summed E-state index contributed by atoms with van der Waals surface area (Å²) < 4.78 is 5.19. The molecule has 0 N–H and O–H groups in total. The van der Waals surface area contributed by atoms with Crippen LogP contribution in [0.25, 0.3) is 10.8 Å². The Balaban J connectivity index is 1.59. The Labute approximate surface area is 193 Å². The van der Waals surface area contributed by atoms with Crippen LogP contribution in [0.5, 0.6) is 5.75 Å². The minimum atomic E-state index is -0.0973. The van der Waals surface area contributed by atoms with Crippen LogP contribution in [0.4, 0.5) is 0 Å². The molecule has 6 heteroatoms. The zero-order chi connectivity index (χ0) is 22.3. The van der Waals surface area contributed by atoms with E-state index >= 15 is 0 Å². The molecular formula is C26H27N3O2S. The Morgan fingerprint density at radius 1 is 1.06 bits per heavy atom. The molecule has 1 heterocycles. The average molecular weight is 446 g/mol. The molecule has 3 aromatic carbocycles. The first-order valence-corrected chi connectivity index (χ1v) is 11.8. The Kier molecular flexibility index (Phi) is 7.22. The maximum Gasteiger partial charge on any atom is 0.242 e. The maximum absolute atomic E-state index is 13.2. The molecule has 164 valence electrons. The van der Waals surface area contributed by atoms with Gasteiger partial charge < -0.3 is 4.74 Å². The molecule has 4 rings (SSSR count). The van der Waals surface area contributed by atoms with Crippen molar-refractivity contribution in [3.05, 3.63) is 77.9 Å². The first-order valence-electron chi connectivity index (χ1n) is 10.9. The summed E-state index contributed by atoms with van der Waals surface area (Å²) >= 11 is 1.53. The monoisotopic (exact) mass is 445 g/mol. The summed E-state index contributed by atoms with van der Waals surface area (Å²) in [5.74, 6) is 0.917. The normalized spacial score (nSPS) is 17.7. The van der Waals surface area contributed by atoms with E-state index in [0.29, 0.717) is 11.7 Å². The van der Waals surface area contributed by atoms with Gasteiger partial charge in [0.05, 0.1) is 25.1 Å². The maximum atomic E-state index is 13.2. The third kappa shape index (κ3) is 5.02. The lowest BCUT2D eigenvalue weighted by atomic mass is 10.0. The number of fused-ring (bicyclic) bond motifs is 1. The molecule has 5 nitrogen and oxygen atoms in total. The van der Waals surface area contributed by atoms with Crippen LogP contribution in [-0.2, 0) is 11.3 Å². The molecule has 1 aliphatic heterocycles. The lowest BCUT2D eigenvalue weighted by Crippen LogP contribution is -2.31. The molecule has 0 saturated carbocycles. The van der Waals surface area contributed by atoms with Crippen LogP contribution < -0.4 is 4.74 Å². The van der Waals surface area contributed by atoms with Crippen molar-refractivity contribution in [3.63, 3.8) is 0 Å². The highest BCUT2D eigenvalue weighted by Gasteiger charge is 2.37. The number of ether oxygens (including phenoxy) is 1. The van der Waals surface area contributed by atoms with E-state index < -0.39 is 0 Å². The number of carbonyl (C=O) groups is 1. The Hall–Kier alpha value is -3.12. The first-order chi connectivity index (χ1) is 15.7. The van der Waals surface area contributed by atoms with Gasteiger partial charge in [-0.25, -0.2) is 0 Å². The van der Waals surface area contributed by atoms with E-state index in [1.54, 1.807) is 18.2 Å². The second-order valence-electron chi connectivity index (χ2n) is 7.71. The molecule has 1 amide bonds. The number of amidine groups is 1. The van der Waals surface area contributed by atoms with Crippen LogP contribution in [0, 0.1) is 0 Å². The molecule has 1 saturated heterocycles. The van der Waals surface area contributed by atoms with Gasteiger partial charge in [-0.1, -0.05) is 74.0 Å². The number of hydrogen-bond donors (Lipinski definition) is 0. The highest BCUT2D eigenvalue weighted by molar-refractivity contribution is 8.15. The molecule has 32 heavy (non-hydrogen) atoms. The lowest BCUT2D eigenvalue weighted by Gasteiger charge is -2.17. The van der Waals surface area contributed by atoms with Crippen molar-refractivity contribution in [2.75, 3.05) is 7.11 Å². The fraction of sp³-hybridized carbons (Fsp3) is 0.269. The second kappa shape index (κ2) is 10.5. The van der Waals surface area contributed by atoms with Gasteiger partial charge in [0.2, 0.25) is 5.91 Å². The van der Waals surface area contributed by atoms with Gasteiger partial charge in [-0.3, -0.25) is 9.69 Å². The second-order valence-corrected chi connectivity index (χ2v) is 8.88. The summed E-state index contributed by atoms with van der Waals surface area (Å²) in [4.78, 5) is 15.0. The van der Waals surface area contributed by atoms with Gasteiger partial charge in [-0.15, -0.1) is 5.10 Å². The molecule has 0 aliphatic carbocycles. The number of amides is 1. The third-order valence-electron chi connectivity index (χ3n) is 5.51. The van der Waals surface area contributed by atoms with E-state index in [4.69, 9.17) is 4.74 Å². The van der Waals surface area contributed by atoms with Crippen molar-refractivity contribution in [1.82, 2.24) is 4.90 Å². The molecular weight excluding hydrogens is 418 g/mol. The molecule has 0 aromatic heterocycles. The molecule has 0 bridgehead atoms. The summed E-state index contributed by atoms with van der Waals surface area (Å²) in [7, 11) is 1.64. The first kappa shape index (κ1) is 22.1. The quantitative estimate of drug-likeness (QED) is 0.322. The number of unbranched alkanes of at least 4 members (excludes halogenated alkanes) is 1. The number of hydrogen-bond acceptors (Lipinski definition) is 5.